The second-order valence-electron chi connectivity index (χ2n) is 3.33. The van der Waals surface area contributed by atoms with Gasteiger partial charge in [-0.2, -0.15) is 0 Å². The molecule has 2 rings (SSSR count). The van der Waals surface area contributed by atoms with Crippen LogP contribution >= 0.6 is 22.7 Å². The molecule has 0 N–H and O–H groups in total. The lowest BCUT2D eigenvalue weighted by Gasteiger charge is -1.99. The fourth-order valence-corrected chi connectivity index (χ4v) is 3.47. The summed E-state index contributed by atoms with van der Waals surface area (Å²) in [4.78, 5) is 17.8. The average molecular weight is 253 g/mol. The predicted molar refractivity (Wildman–Crippen MR) is 66.2 cm³/mol. The number of thiazole rings is 1. The lowest BCUT2D eigenvalue weighted by Crippen LogP contribution is -2.03. The molecule has 0 bridgehead atoms. The number of ether oxygens (including phenoxy) is 1. The molecule has 3 nitrogen and oxygen atoms in total. The van der Waals surface area contributed by atoms with Crippen LogP contribution < -0.4 is 0 Å². The molecular formula is C11H11NO2S2. The Morgan fingerprint density at radius 3 is 2.69 bits per heavy atom. The predicted octanol–water partition coefficient (Wildman–Crippen LogP) is 3.28. The second-order valence-corrected chi connectivity index (χ2v) is 5.45. The Hall–Kier alpha value is -1.20. The van der Waals surface area contributed by atoms with E-state index in [0.29, 0.717) is 5.69 Å². The van der Waals surface area contributed by atoms with Gasteiger partial charge >= 0.3 is 5.97 Å². The Morgan fingerprint density at radius 1 is 1.38 bits per heavy atom. The van der Waals surface area contributed by atoms with Crippen LogP contribution in [0.3, 0.4) is 0 Å². The van der Waals surface area contributed by atoms with Crippen LogP contribution in [0.25, 0.3) is 9.75 Å². The summed E-state index contributed by atoms with van der Waals surface area (Å²) in [7, 11) is 1.38. The van der Waals surface area contributed by atoms with Crippen molar-refractivity contribution in [3.63, 3.8) is 0 Å². The minimum atomic E-state index is -0.368. The summed E-state index contributed by atoms with van der Waals surface area (Å²) in [6, 6.07) is 2.04. The Labute approximate surface area is 102 Å². The molecule has 0 unspecified atom stereocenters. The zero-order chi connectivity index (χ0) is 11.7. The third kappa shape index (κ3) is 1.88. The van der Waals surface area contributed by atoms with Crippen LogP contribution in [0.2, 0.25) is 0 Å². The minimum absolute atomic E-state index is 0.368. The van der Waals surface area contributed by atoms with E-state index in [1.165, 1.54) is 24.0 Å². The molecular weight excluding hydrogens is 242 g/mol. The molecule has 2 aromatic heterocycles. The number of thiophene rings is 1. The van der Waals surface area contributed by atoms with Crippen LogP contribution in [0.5, 0.6) is 0 Å². The average Bonchev–Trinajstić information content (AvgIpc) is 2.83. The molecule has 0 aromatic carbocycles. The number of hydrogen-bond donors (Lipinski definition) is 0. The first-order valence-electron chi connectivity index (χ1n) is 4.73. The first-order valence-corrected chi connectivity index (χ1v) is 6.43. The Kier molecular flexibility index (Phi) is 3.07. The van der Waals surface area contributed by atoms with Crippen molar-refractivity contribution in [2.75, 3.05) is 7.11 Å². The fourth-order valence-electron chi connectivity index (χ4n) is 1.42. The van der Waals surface area contributed by atoms with Gasteiger partial charge in [-0.1, -0.05) is 0 Å². The van der Waals surface area contributed by atoms with Gasteiger partial charge in [0.25, 0.3) is 0 Å². The number of esters is 1. The van der Waals surface area contributed by atoms with Crippen molar-refractivity contribution in [3.8, 4) is 9.75 Å². The van der Waals surface area contributed by atoms with E-state index in [1.54, 1.807) is 11.3 Å². The maximum absolute atomic E-state index is 11.6. The monoisotopic (exact) mass is 253 g/mol. The topological polar surface area (TPSA) is 39.2 Å². The van der Waals surface area contributed by atoms with Crippen LogP contribution in [0.15, 0.2) is 11.4 Å². The third-order valence-electron chi connectivity index (χ3n) is 2.18. The summed E-state index contributed by atoms with van der Waals surface area (Å²) in [5, 5.41) is 2.89. The number of carbonyl (C=O) groups excluding carboxylic acids is 1. The molecule has 0 radical (unpaired) electrons. The molecule has 0 saturated heterocycles. The molecule has 16 heavy (non-hydrogen) atoms. The number of nitrogens with zero attached hydrogens (tertiary/aromatic N) is 1. The summed E-state index contributed by atoms with van der Waals surface area (Å²) in [5.74, 6) is -0.368. The lowest BCUT2D eigenvalue weighted by atomic mass is 10.2. The van der Waals surface area contributed by atoms with Crippen molar-refractivity contribution >= 4 is 28.6 Å². The van der Waals surface area contributed by atoms with E-state index in [2.05, 4.69) is 4.98 Å². The normalized spacial score (nSPS) is 10.4. The number of aryl methyl sites for hydroxylation is 2. The van der Waals surface area contributed by atoms with Gasteiger partial charge in [0.2, 0.25) is 0 Å². The van der Waals surface area contributed by atoms with E-state index >= 15 is 0 Å². The quantitative estimate of drug-likeness (QED) is 0.771. The molecule has 2 heterocycles. The highest BCUT2D eigenvalue weighted by Crippen LogP contribution is 2.36. The maximum Gasteiger partial charge on any atom is 0.358 e. The van der Waals surface area contributed by atoms with Gasteiger partial charge in [0.05, 0.1) is 17.0 Å². The van der Waals surface area contributed by atoms with Gasteiger partial charge in [-0.05, 0) is 30.9 Å². The third-order valence-corrected chi connectivity index (χ3v) is 4.33. The van der Waals surface area contributed by atoms with Crippen LogP contribution in [-0.2, 0) is 4.74 Å². The Bertz CT molecular complexity index is 528. The van der Waals surface area contributed by atoms with Crippen molar-refractivity contribution in [2.45, 2.75) is 13.8 Å². The van der Waals surface area contributed by atoms with Crippen LogP contribution in [-0.4, -0.2) is 18.1 Å². The molecule has 0 aliphatic carbocycles. The SMILES string of the molecule is COC(=O)c1nc(C)sc1-c1sccc1C. The van der Waals surface area contributed by atoms with Crippen molar-refractivity contribution in [1.29, 1.82) is 0 Å². The highest BCUT2D eigenvalue weighted by Gasteiger charge is 2.20. The summed E-state index contributed by atoms with van der Waals surface area (Å²) >= 11 is 3.15. The molecule has 2 aromatic rings. The van der Waals surface area contributed by atoms with Gasteiger partial charge in [-0.15, -0.1) is 22.7 Å². The molecule has 0 saturated carbocycles. The standard InChI is InChI=1S/C11H11NO2S2/c1-6-4-5-15-9(6)10-8(11(13)14-3)12-7(2)16-10/h4-5H,1-3H3. The van der Waals surface area contributed by atoms with Gasteiger partial charge in [-0.3, -0.25) is 0 Å². The van der Waals surface area contributed by atoms with E-state index < -0.39 is 0 Å². The summed E-state index contributed by atoms with van der Waals surface area (Å²) in [5.41, 5.74) is 1.59. The summed E-state index contributed by atoms with van der Waals surface area (Å²) in [6.45, 7) is 3.92. The van der Waals surface area contributed by atoms with Gasteiger partial charge < -0.3 is 4.74 Å². The number of rotatable bonds is 2. The van der Waals surface area contributed by atoms with Gasteiger partial charge in [0.1, 0.15) is 0 Å². The first kappa shape index (κ1) is 11.3. The van der Waals surface area contributed by atoms with E-state index in [4.69, 9.17) is 4.74 Å². The number of methoxy groups -OCH3 is 1. The van der Waals surface area contributed by atoms with Gasteiger partial charge in [0.15, 0.2) is 5.69 Å². The highest BCUT2D eigenvalue weighted by atomic mass is 32.1. The maximum atomic E-state index is 11.6. The molecule has 0 fully saturated rings. The highest BCUT2D eigenvalue weighted by molar-refractivity contribution is 7.21. The van der Waals surface area contributed by atoms with Crippen molar-refractivity contribution < 1.29 is 9.53 Å². The zero-order valence-electron chi connectivity index (χ0n) is 9.23. The van der Waals surface area contributed by atoms with Crippen molar-refractivity contribution in [1.82, 2.24) is 4.98 Å². The summed E-state index contributed by atoms with van der Waals surface area (Å²) in [6.07, 6.45) is 0. The number of carbonyl (C=O) groups is 1. The molecule has 0 spiro atoms. The van der Waals surface area contributed by atoms with E-state index in [0.717, 1.165) is 14.8 Å². The fraction of sp³-hybridized carbons (Fsp3) is 0.273. The number of hydrogen-bond acceptors (Lipinski definition) is 5. The molecule has 0 atom stereocenters. The van der Waals surface area contributed by atoms with Crippen molar-refractivity contribution in [3.05, 3.63) is 27.7 Å². The minimum Gasteiger partial charge on any atom is -0.464 e. The van der Waals surface area contributed by atoms with E-state index in [1.807, 2.05) is 25.3 Å². The molecule has 0 aliphatic rings. The summed E-state index contributed by atoms with van der Waals surface area (Å²) < 4.78 is 4.74. The van der Waals surface area contributed by atoms with Crippen molar-refractivity contribution in [2.24, 2.45) is 0 Å². The van der Waals surface area contributed by atoms with Crippen LogP contribution in [0.4, 0.5) is 0 Å². The molecule has 0 amide bonds. The smallest absolute Gasteiger partial charge is 0.358 e. The lowest BCUT2D eigenvalue weighted by molar-refractivity contribution is 0.0595. The van der Waals surface area contributed by atoms with Crippen LogP contribution in [0.1, 0.15) is 21.1 Å². The molecule has 0 aliphatic heterocycles. The first-order chi connectivity index (χ1) is 7.63. The second kappa shape index (κ2) is 4.35. The van der Waals surface area contributed by atoms with E-state index in [-0.39, 0.29) is 5.97 Å². The zero-order valence-corrected chi connectivity index (χ0v) is 10.9. The Balaban J connectivity index is 2.57. The Morgan fingerprint density at radius 2 is 2.12 bits per heavy atom. The van der Waals surface area contributed by atoms with Gasteiger partial charge in [-0.25, -0.2) is 9.78 Å². The van der Waals surface area contributed by atoms with Crippen LogP contribution in [0, 0.1) is 13.8 Å². The van der Waals surface area contributed by atoms with E-state index in [9.17, 15) is 4.79 Å². The number of aromatic nitrogens is 1. The van der Waals surface area contributed by atoms with Gasteiger partial charge in [0, 0.05) is 4.88 Å². The molecule has 5 heteroatoms. The largest absolute Gasteiger partial charge is 0.464 e. The molecule has 84 valence electrons.